The summed E-state index contributed by atoms with van der Waals surface area (Å²) in [6.07, 6.45) is 7.90. The summed E-state index contributed by atoms with van der Waals surface area (Å²) in [5.41, 5.74) is 1.59. The fourth-order valence-corrected chi connectivity index (χ4v) is 3.04. The zero-order valence-electron chi connectivity index (χ0n) is 13.8. The molecule has 25 heavy (non-hydrogen) atoms. The minimum absolute atomic E-state index is 0.394. The van der Waals surface area contributed by atoms with Gasteiger partial charge in [0, 0.05) is 13.1 Å². The topological polar surface area (TPSA) is 95.6 Å². The Kier molecular flexibility index (Phi) is 4.12. The maximum Gasteiger partial charge on any atom is 0.163 e. The highest BCUT2D eigenvalue weighted by molar-refractivity contribution is 5.88. The molecule has 1 saturated heterocycles. The van der Waals surface area contributed by atoms with E-state index in [0.717, 1.165) is 35.6 Å². The Labute approximate surface area is 145 Å². The third-order valence-corrected chi connectivity index (χ3v) is 4.31. The molecule has 0 radical (unpaired) electrons. The molecule has 8 heteroatoms. The van der Waals surface area contributed by atoms with Crippen molar-refractivity contribution in [3.63, 3.8) is 0 Å². The van der Waals surface area contributed by atoms with Crippen molar-refractivity contribution in [3.8, 4) is 6.07 Å². The van der Waals surface area contributed by atoms with Gasteiger partial charge in [-0.3, -0.25) is 0 Å². The van der Waals surface area contributed by atoms with Gasteiger partial charge in [0.25, 0.3) is 0 Å². The van der Waals surface area contributed by atoms with E-state index in [1.54, 1.807) is 10.9 Å². The first-order valence-corrected chi connectivity index (χ1v) is 8.36. The summed E-state index contributed by atoms with van der Waals surface area (Å²) in [6, 6.07) is 6.16. The van der Waals surface area contributed by atoms with E-state index in [9.17, 15) is 0 Å². The normalized spacial score (nSPS) is 14.0. The van der Waals surface area contributed by atoms with E-state index in [0.29, 0.717) is 18.8 Å². The Bertz CT molecular complexity index is 903. The van der Waals surface area contributed by atoms with Gasteiger partial charge in [0.1, 0.15) is 18.0 Å². The zero-order valence-corrected chi connectivity index (χ0v) is 13.8. The van der Waals surface area contributed by atoms with Gasteiger partial charge in [0.2, 0.25) is 0 Å². The lowest BCUT2D eigenvalue weighted by atomic mass is 10.3. The second kappa shape index (κ2) is 6.73. The third-order valence-electron chi connectivity index (χ3n) is 4.31. The Morgan fingerprint density at radius 1 is 1.12 bits per heavy atom. The van der Waals surface area contributed by atoms with Crippen molar-refractivity contribution in [2.24, 2.45) is 0 Å². The largest absolute Gasteiger partial charge is 0.357 e. The van der Waals surface area contributed by atoms with Crippen LogP contribution in [0.1, 0.15) is 19.3 Å². The number of nitrogens with zero attached hydrogens (tertiary/aromatic N) is 7. The molecule has 8 nitrogen and oxygen atoms in total. The molecule has 0 aromatic carbocycles. The predicted molar refractivity (Wildman–Crippen MR) is 94.5 cm³/mol. The van der Waals surface area contributed by atoms with Crippen molar-refractivity contribution in [1.82, 2.24) is 24.7 Å². The second-order valence-corrected chi connectivity index (χ2v) is 5.96. The van der Waals surface area contributed by atoms with Crippen LogP contribution in [0.5, 0.6) is 0 Å². The summed E-state index contributed by atoms with van der Waals surface area (Å²) in [4.78, 5) is 15.4. The first kappa shape index (κ1) is 15.3. The van der Waals surface area contributed by atoms with Gasteiger partial charge in [0.05, 0.1) is 42.5 Å². The smallest absolute Gasteiger partial charge is 0.163 e. The molecule has 0 amide bonds. The number of rotatable bonds is 5. The monoisotopic (exact) mass is 334 g/mol. The predicted octanol–water partition coefficient (Wildman–Crippen LogP) is 2.48. The number of aromatic nitrogens is 5. The molecule has 0 saturated carbocycles. The van der Waals surface area contributed by atoms with Crippen molar-refractivity contribution >= 4 is 28.4 Å². The SMILES string of the molecule is N#CCCn1ncc2c(Nc3ccc(N4CCCC4)nc3)ncnc21. The lowest BCUT2D eigenvalue weighted by Crippen LogP contribution is -2.18. The molecule has 4 rings (SSSR count). The molecule has 3 aromatic heterocycles. The lowest BCUT2D eigenvalue weighted by Gasteiger charge is -2.16. The number of aryl methyl sites for hydroxylation is 1. The van der Waals surface area contributed by atoms with Crippen molar-refractivity contribution in [1.29, 1.82) is 5.26 Å². The van der Waals surface area contributed by atoms with Crippen LogP contribution >= 0.6 is 0 Å². The van der Waals surface area contributed by atoms with Gasteiger partial charge < -0.3 is 10.2 Å². The maximum atomic E-state index is 8.74. The Hall–Kier alpha value is -3.21. The molecule has 126 valence electrons. The number of fused-ring (bicyclic) bond motifs is 1. The lowest BCUT2D eigenvalue weighted by molar-refractivity contribution is 0.643. The summed E-state index contributed by atoms with van der Waals surface area (Å²) >= 11 is 0. The summed E-state index contributed by atoms with van der Waals surface area (Å²) in [7, 11) is 0. The average Bonchev–Trinajstić information content (AvgIpc) is 3.31. The van der Waals surface area contributed by atoms with Gasteiger partial charge in [-0.15, -0.1) is 0 Å². The van der Waals surface area contributed by atoms with E-state index >= 15 is 0 Å². The van der Waals surface area contributed by atoms with Crippen LogP contribution < -0.4 is 10.2 Å². The number of anilines is 3. The molecule has 1 aliphatic heterocycles. The number of nitrogens with one attached hydrogen (secondary N) is 1. The fourth-order valence-electron chi connectivity index (χ4n) is 3.04. The molecule has 1 aliphatic rings. The molecule has 0 bridgehead atoms. The summed E-state index contributed by atoms with van der Waals surface area (Å²) < 4.78 is 1.72. The minimum atomic E-state index is 0.394. The van der Waals surface area contributed by atoms with Gasteiger partial charge >= 0.3 is 0 Å². The average molecular weight is 334 g/mol. The first-order valence-electron chi connectivity index (χ1n) is 8.36. The molecule has 1 fully saturated rings. The highest BCUT2D eigenvalue weighted by atomic mass is 15.3. The zero-order chi connectivity index (χ0) is 17.1. The highest BCUT2D eigenvalue weighted by Crippen LogP contribution is 2.24. The molecule has 3 aromatic rings. The molecule has 4 heterocycles. The van der Waals surface area contributed by atoms with Crippen LogP contribution in [0, 0.1) is 11.3 Å². The van der Waals surface area contributed by atoms with Gasteiger partial charge in [-0.25, -0.2) is 19.6 Å². The number of nitriles is 1. The van der Waals surface area contributed by atoms with E-state index in [4.69, 9.17) is 5.26 Å². The summed E-state index contributed by atoms with van der Waals surface area (Å²) in [5, 5.41) is 17.2. The van der Waals surface area contributed by atoms with E-state index in [1.165, 1.54) is 19.2 Å². The summed E-state index contributed by atoms with van der Waals surface area (Å²) in [6.45, 7) is 2.67. The number of hydrogen-bond donors (Lipinski definition) is 1. The van der Waals surface area contributed by atoms with Crippen LogP contribution in [-0.2, 0) is 6.54 Å². The molecule has 0 unspecified atom stereocenters. The van der Waals surface area contributed by atoms with Crippen molar-refractivity contribution in [2.75, 3.05) is 23.3 Å². The fraction of sp³-hybridized carbons (Fsp3) is 0.353. The van der Waals surface area contributed by atoms with E-state index < -0.39 is 0 Å². The van der Waals surface area contributed by atoms with E-state index in [-0.39, 0.29) is 0 Å². The summed E-state index contributed by atoms with van der Waals surface area (Å²) in [5.74, 6) is 1.70. The van der Waals surface area contributed by atoms with E-state index in [2.05, 4.69) is 36.3 Å². The van der Waals surface area contributed by atoms with Crippen LogP contribution in [0.4, 0.5) is 17.3 Å². The molecular formula is C17H18N8. The molecule has 0 aliphatic carbocycles. The third kappa shape index (κ3) is 3.08. The van der Waals surface area contributed by atoms with Gasteiger partial charge in [-0.1, -0.05) is 0 Å². The van der Waals surface area contributed by atoms with Gasteiger partial charge in [0.15, 0.2) is 5.65 Å². The molecule has 0 atom stereocenters. The van der Waals surface area contributed by atoms with Crippen molar-refractivity contribution < 1.29 is 0 Å². The van der Waals surface area contributed by atoms with Crippen LogP contribution in [0.15, 0.2) is 30.9 Å². The van der Waals surface area contributed by atoms with Crippen LogP contribution in [-0.4, -0.2) is 37.8 Å². The molecule has 1 N–H and O–H groups in total. The Morgan fingerprint density at radius 3 is 2.76 bits per heavy atom. The van der Waals surface area contributed by atoms with Gasteiger partial charge in [-0.05, 0) is 25.0 Å². The minimum Gasteiger partial charge on any atom is -0.357 e. The second-order valence-electron chi connectivity index (χ2n) is 5.96. The van der Waals surface area contributed by atoms with E-state index in [1.807, 2.05) is 18.3 Å². The quantitative estimate of drug-likeness (QED) is 0.765. The maximum absolute atomic E-state index is 8.74. The number of hydrogen-bond acceptors (Lipinski definition) is 7. The Morgan fingerprint density at radius 2 is 2.00 bits per heavy atom. The standard InChI is InChI=1S/C17H18N8/c18-6-3-9-25-17-14(11-22-25)16(20-12-21-17)23-13-4-5-15(19-10-13)24-7-1-2-8-24/h4-5,10-12H,1-3,7-9H2,(H,20,21,23). The Balaban J connectivity index is 1.56. The highest BCUT2D eigenvalue weighted by Gasteiger charge is 2.14. The van der Waals surface area contributed by atoms with Crippen molar-refractivity contribution in [2.45, 2.75) is 25.8 Å². The van der Waals surface area contributed by atoms with Gasteiger partial charge in [-0.2, -0.15) is 10.4 Å². The van der Waals surface area contributed by atoms with Crippen LogP contribution in [0.25, 0.3) is 11.0 Å². The van der Waals surface area contributed by atoms with Crippen LogP contribution in [0.2, 0.25) is 0 Å². The van der Waals surface area contributed by atoms with Crippen LogP contribution in [0.3, 0.4) is 0 Å². The number of pyridine rings is 1. The molecule has 0 spiro atoms. The molecular weight excluding hydrogens is 316 g/mol. The first-order chi connectivity index (χ1) is 12.3. The van der Waals surface area contributed by atoms with Crippen molar-refractivity contribution in [3.05, 3.63) is 30.9 Å².